The molecule has 4 aliphatic rings. The Morgan fingerprint density at radius 2 is 0.837 bits per heavy atom. The highest BCUT2D eigenvalue weighted by atomic mass is 35.5. The van der Waals surface area contributed by atoms with Crippen LogP contribution in [-0.4, -0.2) is 102 Å². The highest BCUT2D eigenvalue weighted by Gasteiger charge is 2.41. The molecule has 0 spiro atoms. The van der Waals surface area contributed by atoms with Crippen molar-refractivity contribution in [3.05, 3.63) is 126 Å². The van der Waals surface area contributed by atoms with Gasteiger partial charge in [-0.1, -0.05) is 30.3 Å². The molecule has 8 heterocycles. The summed E-state index contributed by atoms with van der Waals surface area (Å²) in [6.07, 6.45) is -1.18. The number of halogens is 4. The fraction of sp³-hybridized carbons (Fsp3) is 0.419. The lowest BCUT2D eigenvalue weighted by atomic mass is 9.97. The minimum atomic E-state index is -0.600. The molecule has 5 aromatic carbocycles. The average Bonchev–Trinajstić information content (AvgIpc) is 1.60. The Bertz CT molecular complexity index is 4530. The van der Waals surface area contributed by atoms with Crippen molar-refractivity contribution in [3.8, 4) is 23.0 Å². The fourth-order valence-corrected chi connectivity index (χ4v) is 17.8. The molecule has 4 aromatic heterocycles. The van der Waals surface area contributed by atoms with E-state index < -0.39 is 35.0 Å². The summed E-state index contributed by atoms with van der Waals surface area (Å²) < 4.78 is 37.6. The number of rotatable bonds is 9. The number of alkyl halides is 4. The number of carbonyl (C=O) groups excluding carboxylic acids is 5. The van der Waals surface area contributed by atoms with Gasteiger partial charge in [0.15, 0.2) is 11.5 Å². The van der Waals surface area contributed by atoms with Crippen molar-refractivity contribution in [2.45, 2.75) is 151 Å². The first kappa shape index (κ1) is 74.0. The molecule has 0 saturated carbocycles. The van der Waals surface area contributed by atoms with Crippen LogP contribution in [0.4, 0.5) is 37.1 Å². The lowest BCUT2D eigenvalue weighted by Gasteiger charge is -2.25. The topological polar surface area (TPSA) is 183 Å². The first-order chi connectivity index (χ1) is 46.2. The summed E-state index contributed by atoms with van der Waals surface area (Å²) in [7, 11) is 0. The van der Waals surface area contributed by atoms with Gasteiger partial charge in [-0.15, -0.1) is 91.8 Å². The molecule has 0 fully saturated rings. The minimum absolute atomic E-state index is 0.00126. The van der Waals surface area contributed by atoms with Gasteiger partial charge in [-0.05, 0) is 162 Å². The Labute approximate surface area is 607 Å². The molecular weight excluding hydrogens is 1410 g/mol. The fourth-order valence-electron chi connectivity index (χ4n) is 12.8. The van der Waals surface area contributed by atoms with Crippen molar-refractivity contribution < 1.29 is 57.5 Å². The van der Waals surface area contributed by atoms with E-state index in [0.29, 0.717) is 78.6 Å². The van der Waals surface area contributed by atoms with Crippen molar-refractivity contribution in [1.82, 2.24) is 0 Å². The SMILES string of the molecule is CC(=O)Oc1cc2c(c3c(C)csc13)[C@H](CCl)CN2.CC(=O)Oc1cc2c(c3c(C)csc13)[C@H](CCl)CN2C(=O)OC(C)(C)C.Cc1csc2c(O)cc3c(c12)[C@H](CCl)CN3C(=O)OC(C)(C)C.Cc1csc2c(OCc3ccccc3)cc3c(c12)[C@H](CCl)CN3C(=O)OC(C)(C)C. The lowest BCUT2D eigenvalue weighted by Crippen LogP contribution is -2.36. The van der Waals surface area contributed by atoms with E-state index in [1.807, 2.05) is 129 Å². The van der Waals surface area contributed by atoms with Crippen LogP contribution in [0.3, 0.4) is 0 Å². The van der Waals surface area contributed by atoms with Gasteiger partial charge in [0.1, 0.15) is 34.9 Å². The monoisotopic (exact) mass is 1490 g/mol. The summed E-state index contributed by atoms with van der Waals surface area (Å²) >= 11 is 31.1. The summed E-state index contributed by atoms with van der Waals surface area (Å²) in [4.78, 5) is 65.9. The van der Waals surface area contributed by atoms with Crippen molar-refractivity contribution >= 4 is 185 Å². The number of esters is 2. The number of phenols is 1. The number of amides is 3. The Kier molecular flexibility index (Phi) is 22.5. The first-order valence-electron chi connectivity index (χ1n) is 32.1. The van der Waals surface area contributed by atoms with Crippen molar-refractivity contribution in [3.63, 3.8) is 0 Å². The van der Waals surface area contributed by atoms with Crippen LogP contribution in [0.25, 0.3) is 40.3 Å². The molecule has 4 aliphatic heterocycles. The van der Waals surface area contributed by atoms with E-state index >= 15 is 0 Å². The number of aromatic hydroxyl groups is 1. The summed E-state index contributed by atoms with van der Waals surface area (Å²) in [6.45, 7) is 30.4. The van der Waals surface area contributed by atoms with Crippen LogP contribution in [0, 0.1) is 27.7 Å². The molecule has 0 radical (unpaired) electrons. The van der Waals surface area contributed by atoms with E-state index in [-0.39, 0.29) is 35.6 Å². The maximum atomic E-state index is 13.0. The number of fused-ring (bicyclic) bond motifs is 12. The zero-order valence-corrected chi connectivity index (χ0v) is 63.9. The number of phenolic OH excluding ortho intramolecular Hbond substituents is 1. The molecule has 9 aromatic rings. The first-order valence-corrected chi connectivity index (χ1v) is 37.8. The van der Waals surface area contributed by atoms with Gasteiger partial charge in [-0.25, -0.2) is 14.4 Å². The number of hydrogen-bond acceptors (Lipinski definition) is 17. The summed E-state index contributed by atoms with van der Waals surface area (Å²) in [6, 6.07) is 17.4. The third-order valence-electron chi connectivity index (χ3n) is 16.7. The van der Waals surface area contributed by atoms with Crippen LogP contribution in [-0.2, 0) is 30.4 Å². The van der Waals surface area contributed by atoms with Crippen LogP contribution in [0.2, 0.25) is 0 Å². The normalized spacial score (nSPS) is 16.8. The molecule has 13 rings (SSSR count). The van der Waals surface area contributed by atoms with Gasteiger partial charge < -0.3 is 38.8 Å². The number of anilines is 4. The maximum Gasteiger partial charge on any atom is 0.414 e. The largest absolute Gasteiger partial charge is 0.506 e. The van der Waals surface area contributed by atoms with Gasteiger partial charge in [0.2, 0.25) is 0 Å². The molecule has 0 aliphatic carbocycles. The zero-order chi connectivity index (χ0) is 71.2. The molecule has 0 unspecified atom stereocenters. The van der Waals surface area contributed by atoms with Crippen LogP contribution in [0.1, 0.15) is 150 Å². The molecule has 0 bridgehead atoms. The standard InChI is InChI=1S/C24H26ClNO3S.C19H22ClNO4S.C17H20ClNO3S.C14H14ClNO2S/c1-15-14-30-22-19(28-13-16-8-6-5-7-9-16)10-18-21(20(15)22)17(11-25)12-26(18)23(27)29-24(2,3)4;1-10-9-26-17-14(24-11(2)22)6-13-16(15(10)17)12(7-20)8-21(13)18(23)25-19(3,4)5;1-9-8-23-15-12(20)5-11-14(13(9)15)10(6-18)7-19(11)16(21)22-17(2,3)4;1-7-6-19-14-11(18-8(2)17)3-10-13(12(7)14)9(4-15)5-16-10/h5-10,14,17H,11-13H2,1-4H3;6,9,12H,7-8H2,1-5H3;5,8,10,20H,6-7H2,1-4H3;3,6,9,16H,4-5H2,1-2H3/t17-;12-;10-;9-/m1111/s1. The summed E-state index contributed by atoms with van der Waals surface area (Å²) in [5, 5.41) is 26.3. The van der Waals surface area contributed by atoms with Crippen LogP contribution in [0.5, 0.6) is 23.0 Å². The Balaban J connectivity index is 0.000000143. The average molecular weight is 1490 g/mol. The van der Waals surface area contributed by atoms with E-state index in [1.165, 1.54) is 58.6 Å². The molecular formula is C74H82Cl4N4O12S4. The second-order valence-electron chi connectivity index (χ2n) is 27.8. The number of thiophene rings is 4. The summed E-state index contributed by atoms with van der Waals surface area (Å²) in [5.74, 6) is 3.67. The van der Waals surface area contributed by atoms with Crippen molar-refractivity contribution in [2.75, 3.05) is 69.7 Å². The molecule has 98 heavy (non-hydrogen) atoms. The number of nitrogens with zero attached hydrogens (tertiary/aromatic N) is 3. The van der Waals surface area contributed by atoms with Gasteiger partial charge in [-0.3, -0.25) is 24.3 Å². The molecule has 16 nitrogen and oxygen atoms in total. The smallest absolute Gasteiger partial charge is 0.414 e. The van der Waals surface area contributed by atoms with E-state index in [0.717, 1.165) is 92.0 Å². The van der Waals surface area contributed by atoms with Crippen LogP contribution in [0.15, 0.2) is 76.1 Å². The number of benzene rings is 5. The van der Waals surface area contributed by atoms with E-state index in [4.69, 9.17) is 74.8 Å². The molecule has 4 atom stereocenters. The highest BCUT2D eigenvalue weighted by molar-refractivity contribution is 7.19. The van der Waals surface area contributed by atoms with Gasteiger partial charge >= 0.3 is 30.2 Å². The summed E-state index contributed by atoms with van der Waals surface area (Å²) in [5.41, 5.74) is 11.7. The van der Waals surface area contributed by atoms with Crippen molar-refractivity contribution in [1.29, 1.82) is 0 Å². The Morgan fingerprint density at radius 3 is 1.22 bits per heavy atom. The predicted molar refractivity (Wildman–Crippen MR) is 404 cm³/mol. The second-order valence-corrected chi connectivity index (χ2v) is 32.5. The van der Waals surface area contributed by atoms with Crippen molar-refractivity contribution in [2.24, 2.45) is 0 Å². The third kappa shape index (κ3) is 15.7. The number of nitrogens with one attached hydrogen (secondary N) is 1. The van der Waals surface area contributed by atoms with E-state index in [9.17, 15) is 29.1 Å². The minimum Gasteiger partial charge on any atom is -0.506 e. The third-order valence-corrected chi connectivity index (χ3v) is 22.6. The van der Waals surface area contributed by atoms with Gasteiger partial charge in [0, 0.05) is 139 Å². The van der Waals surface area contributed by atoms with Crippen LogP contribution >= 0.6 is 91.8 Å². The number of ether oxygens (including phenoxy) is 6. The quantitative estimate of drug-likeness (QED) is 0.0603. The maximum absolute atomic E-state index is 13.0. The molecule has 522 valence electrons. The highest BCUT2D eigenvalue weighted by Crippen LogP contribution is 2.53. The number of aryl methyl sites for hydroxylation is 4. The molecule has 24 heteroatoms. The lowest BCUT2D eigenvalue weighted by molar-refractivity contribution is -0.132. The van der Waals surface area contributed by atoms with Gasteiger partial charge in [0.25, 0.3) is 0 Å². The molecule has 0 saturated heterocycles. The predicted octanol–water partition coefficient (Wildman–Crippen LogP) is 21.0. The second kappa shape index (κ2) is 29.8. The van der Waals surface area contributed by atoms with Crippen LogP contribution < -0.4 is 34.2 Å². The zero-order valence-electron chi connectivity index (χ0n) is 57.6. The molecule has 3 amide bonds. The van der Waals surface area contributed by atoms with E-state index in [2.05, 4.69) is 29.9 Å². The Hall–Kier alpha value is -6.75. The van der Waals surface area contributed by atoms with E-state index in [1.54, 1.807) is 49.5 Å². The molecule has 2 N–H and O–H groups in total. The Morgan fingerprint density at radius 1 is 0.490 bits per heavy atom. The van der Waals surface area contributed by atoms with Gasteiger partial charge in [0.05, 0.1) is 35.9 Å². The van der Waals surface area contributed by atoms with Gasteiger partial charge in [-0.2, -0.15) is 0 Å². The number of hydrogen-bond donors (Lipinski definition) is 2. The number of carbonyl (C=O) groups is 5.